The molecule has 0 aliphatic carbocycles. The van der Waals surface area contributed by atoms with Crippen molar-refractivity contribution in [2.24, 2.45) is 0 Å². The van der Waals surface area contributed by atoms with Crippen LogP contribution in [0.1, 0.15) is 33.1 Å². The third kappa shape index (κ3) is 3.53. The number of hydrogen-bond donors (Lipinski definition) is 2. The summed E-state index contributed by atoms with van der Waals surface area (Å²) in [6, 6.07) is 0. The van der Waals surface area contributed by atoms with E-state index >= 15 is 0 Å². The number of rotatable bonds is 5. The first-order valence-electron chi connectivity index (χ1n) is 6.32. The molecule has 8 heteroatoms. The number of hydrogen-bond acceptors (Lipinski definition) is 6. The molecule has 0 aromatic carbocycles. The van der Waals surface area contributed by atoms with E-state index in [9.17, 15) is 9.59 Å². The first-order valence-corrected chi connectivity index (χ1v) is 7.20. The van der Waals surface area contributed by atoms with E-state index in [-0.39, 0.29) is 29.3 Å². The first-order chi connectivity index (χ1) is 9.61. The van der Waals surface area contributed by atoms with E-state index in [1.807, 2.05) is 0 Å². The molecule has 20 heavy (non-hydrogen) atoms. The molecule has 1 amide bonds. The monoisotopic (exact) mass is 300 g/mol. The van der Waals surface area contributed by atoms with Gasteiger partial charge in [-0.05, 0) is 12.8 Å². The highest BCUT2D eigenvalue weighted by molar-refractivity contribution is 7.11. The second-order valence-electron chi connectivity index (χ2n) is 4.43. The molecule has 1 saturated heterocycles. The fourth-order valence-corrected chi connectivity index (χ4v) is 2.81. The molecule has 0 unspecified atom stereocenters. The molecule has 2 rings (SSSR count). The largest absolute Gasteiger partial charge is 0.476 e. The number of carbonyl (C=O) groups is 2. The van der Waals surface area contributed by atoms with E-state index in [0.29, 0.717) is 32.5 Å². The fraction of sp³-hybridized carbons (Fsp3) is 0.583. The topological polar surface area (TPSA) is 100.0 Å². The average molecular weight is 300 g/mol. The predicted molar refractivity (Wildman–Crippen MR) is 71.0 cm³/mol. The quantitative estimate of drug-likeness (QED) is 0.819. The van der Waals surface area contributed by atoms with Crippen LogP contribution in [0.5, 0.6) is 0 Å². The molecule has 0 radical (unpaired) electrons. The molecule has 2 heterocycles. The minimum absolute atomic E-state index is 0.00374. The van der Waals surface area contributed by atoms with Gasteiger partial charge in [-0.2, -0.15) is 0 Å². The SMILES string of the molecule is O=C(O)c1csc(C(=O)N2CCC(OCCO)CC2)n1. The summed E-state index contributed by atoms with van der Waals surface area (Å²) in [5.74, 6) is -1.36. The average Bonchev–Trinajstić information content (AvgIpc) is 2.95. The van der Waals surface area contributed by atoms with Crippen LogP contribution < -0.4 is 0 Å². The van der Waals surface area contributed by atoms with Crippen molar-refractivity contribution in [3.63, 3.8) is 0 Å². The van der Waals surface area contributed by atoms with Crippen molar-refractivity contribution in [2.45, 2.75) is 18.9 Å². The Morgan fingerprint density at radius 3 is 2.70 bits per heavy atom. The van der Waals surface area contributed by atoms with Crippen molar-refractivity contribution in [2.75, 3.05) is 26.3 Å². The lowest BCUT2D eigenvalue weighted by atomic mass is 10.1. The first kappa shape index (κ1) is 14.9. The Morgan fingerprint density at radius 1 is 1.45 bits per heavy atom. The highest BCUT2D eigenvalue weighted by Gasteiger charge is 2.26. The number of likely N-dealkylation sites (tertiary alicyclic amines) is 1. The predicted octanol–water partition coefficient (Wildman–Crippen LogP) is 0.455. The van der Waals surface area contributed by atoms with Gasteiger partial charge in [0.05, 0.1) is 19.3 Å². The number of carbonyl (C=O) groups excluding carboxylic acids is 1. The van der Waals surface area contributed by atoms with Crippen molar-refractivity contribution in [1.29, 1.82) is 0 Å². The molecule has 0 spiro atoms. The second-order valence-corrected chi connectivity index (χ2v) is 5.29. The maximum Gasteiger partial charge on any atom is 0.355 e. The molecule has 1 aromatic heterocycles. The van der Waals surface area contributed by atoms with Gasteiger partial charge >= 0.3 is 5.97 Å². The summed E-state index contributed by atoms with van der Waals surface area (Å²) < 4.78 is 5.42. The zero-order chi connectivity index (χ0) is 14.5. The molecule has 7 nitrogen and oxygen atoms in total. The number of aromatic carboxylic acids is 1. The molecule has 1 aliphatic rings. The van der Waals surface area contributed by atoms with Crippen LogP contribution in [0.4, 0.5) is 0 Å². The van der Waals surface area contributed by atoms with E-state index < -0.39 is 5.97 Å². The van der Waals surface area contributed by atoms with Crippen LogP contribution in [0.3, 0.4) is 0 Å². The number of carboxylic acid groups (broad SMARTS) is 1. The van der Waals surface area contributed by atoms with Gasteiger partial charge in [-0.15, -0.1) is 11.3 Å². The summed E-state index contributed by atoms with van der Waals surface area (Å²) in [4.78, 5) is 28.4. The Morgan fingerprint density at radius 2 is 2.15 bits per heavy atom. The van der Waals surface area contributed by atoms with Crippen LogP contribution in [-0.4, -0.2) is 64.4 Å². The van der Waals surface area contributed by atoms with Crippen LogP contribution in [-0.2, 0) is 4.74 Å². The number of aliphatic hydroxyl groups is 1. The third-order valence-corrected chi connectivity index (χ3v) is 3.91. The van der Waals surface area contributed by atoms with Gasteiger partial charge in [-0.3, -0.25) is 4.79 Å². The molecule has 1 fully saturated rings. The molecular weight excluding hydrogens is 284 g/mol. The number of nitrogens with zero attached hydrogens (tertiary/aromatic N) is 2. The summed E-state index contributed by atoms with van der Waals surface area (Å²) >= 11 is 1.05. The van der Waals surface area contributed by atoms with Crippen LogP contribution in [0.15, 0.2) is 5.38 Å². The van der Waals surface area contributed by atoms with Crippen molar-refractivity contribution in [3.05, 3.63) is 16.1 Å². The molecule has 0 saturated carbocycles. The Hall–Kier alpha value is -1.51. The third-order valence-electron chi connectivity index (χ3n) is 3.08. The van der Waals surface area contributed by atoms with Gasteiger partial charge in [0.2, 0.25) is 0 Å². The molecule has 1 aromatic rings. The van der Waals surface area contributed by atoms with E-state index in [1.165, 1.54) is 5.38 Å². The van der Waals surface area contributed by atoms with Gasteiger partial charge in [0.15, 0.2) is 10.7 Å². The maximum atomic E-state index is 12.2. The minimum Gasteiger partial charge on any atom is -0.476 e. The number of aromatic nitrogens is 1. The fourth-order valence-electron chi connectivity index (χ4n) is 2.05. The summed E-state index contributed by atoms with van der Waals surface area (Å²) in [5, 5.41) is 19.1. The lowest BCUT2D eigenvalue weighted by Crippen LogP contribution is -2.41. The van der Waals surface area contributed by atoms with Gasteiger partial charge in [-0.25, -0.2) is 9.78 Å². The number of amides is 1. The highest BCUT2D eigenvalue weighted by Crippen LogP contribution is 2.18. The number of aliphatic hydroxyl groups excluding tert-OH is 1. The zero-order valence-corrected chi connectivity index (χ0v) is 11.6. The van der Waals surface area contributed by atoms with Gasteiger partial charge < -0.3 is 19.8 Å². The van der Waals surface area contributed by atoms with Crippen molar-refractivity contribution < 1.29 is 24.5 Å². The van der Waals surface area contributed by atoms with Crippen LogP contribution in [0.25, 0.3) is 0 Å². The molecule has 110 valence electrons. The van der Waals surface area contributed by atoms with E-state index in [2.05, 4.69) is 4.98 Å². The van der Waals surface area contributed by atoms with E-state index in [0.717, 1.165) is 11.3 Å². The van der Waals surface area contributed by atoms with Crippen LogP contribution >= 0.6 is 11.3 Å². The molecule has 2 N–H and O–H groups in total. The van der Waals surface area contributed by atoms with Gasteiger partial charge in [0.1, 0.15) is 0 Å². The number of ether oxygens (including phenoxy) is 1. The Kier molecular flexibility index (Phi) is 5.05. The van der Waals surface area contributed by atoms with Gasteiger partial charge in [-0.1, -0.05) is 0 Å². The maximum absolute atomic E-state index is 12.2. The smallest absolute Gasteiger partial charge is 0.355 e. The lowest BCUT2D eigenvalue weighted by Gasteiger charge is -2.31. The zero-order valence-electron chi connectivity index (χ0n) is 10.8. The summed E-state index contributed by atoms with van der Waals surface area (Å²) in [6.45, 7) is 1.41. The molecule has 0 atom stereocenters. The van der Waals surface area contributed by atoms with Crippen LogP contribution in [0, 0.1) is 0 Å². The van der Waals surface area contributed by atoms with E-state index in [4.69, 9.17) is 14.9 Å². The number of carboxylic acids is 1. The van der Waals surface area contributed by atoms with Crippen LogP contribution in [0.2, 0.25) is 0 Å². The van der Waals surface area contributed by atoms with Crippen molar-refractivity contribution >= 4 is 23.2 Å². The van der Waals surface area contributed by atoms with Gasteiger partial charge in [0, 0.05) is 18.5 Å². The summed E-state index contributed by atoms with van der Waals surface area (Å²) in [7, 11) is 0. The lowest BCUT2D eigenvalue weighted by molar-refractivity contribution is -0.00554. The standard InChI is InChI=1S/C12H16N2O5S/c15-5-6-19-8-1-3-14(4-2-8)11(16)10-13-9(7-20-10)12(17)18/h7-8,15H,1-6H2,(H,17,18). The Balaban J connectivity index is 1.89. The minimum atomic E-state index is -1.13. The Bertz CT molecular complexity index is 482. The Labute approximate surface area is 119 Å². The van der Waals surface area contributed by atoms with Crippen molar-refractivity contribution in [1.82, 2.24) is 9.88 Å². The molecular formula is C12H16N2O5S. The second kappa shape index (κ2) is 6.78. The normalized spacial score (nSPS) is 16.4. The van der Waals surface area contributed by atoms with Crippen molar-refractivity contribution in [3.8, 4) is 0 Å². The van der Waals surface area contributed by atoms with Gasteiger partial charge in [0.25, 0.3) is 5.91 Å². The molecule has 0 bridgehead atoms. The van der Waals surface area contributed by atoms with E-state index in [1.54, 1.807) is 4.90 Å². The number of thiazole rings is 1. The summed E-state index contributed by atoms with van der Waals surface area (Å²) in [6.07, 6.45) is 1.49. The molecule has 1 aliphatic heterocycles. The highest BCUT2D eigenvalue weighted by atomic mass is 32.1. The summed E-state index contributed by atoms with van der Waals surface area (Å²) in [5.41, 5.74) is -0.0977. The number of piperidine rings is 1.